The summed E-state index contributed by atoms with van der Waals surface area (Å²) in [5.41, 5.74) is 5.41. The molecule has 0 aromatic carbocycles. The van der Waals surface area contributed by atoms with E-state index in [-0.39, 0.29) is 11.9 Å². The molecule has 0 bridgehead atoms. The molecule has 0 fully saturated rings. The van der Waals surface area contributed by atoms with E-state index in [1.165, 1.54) is 4.80 Å². The van der Waals surface area contributed by atoms with Crippen molar-refractivity contribution >= 4 is 0 Å². The Bertz CT molecular complexity index is 233. The first kappa shape index (κ1) is 8.09. The van der Waals surface area contributed by atoms with Gasteiger partial charge in [-0.05, 0) is 12.1 Å². The first-order valence-electron chi connectivity index (χ1n) is 3.29. The Kier molecular flexibility index (Phi) is 2.16. The molecule has 2 atom stereocenters. The average molecular weight is 157 g/mol. The number of aliphatic hydroxyl groups is 1. The van der Waals surface area contributed by atoms with Crippen LogP contribution in [0.1, 0.15) is 18.9 Å². The van der Waals surface area contributed by atoms with Gasteiger partial charge in [0, 0.05) is 6.04 Å². The Morgan fingerprint density at radius 3 is 2.64 bits per heavy atom. The number of tetrazole rings is 1. The number of hydrogen-bond donors (Lipinski definition) is 2. The molecule has 0 amide bonds. The van der Waals surface area contributed by atoms with Gasteiger partial charge in [-0.15, -0.1) is 10.2 Å². The summed E-state index contributed by atoms with van der Waals surface area (Å²) in [5, 5.41) is 20.3. The molecule has 0 saturated heterocycles. The molecule has 0 aliphatic rings. The lowest BCUT2D eigenvalue weighted by atomic mass is 10.2. The Hall–Kier alpha value is -1.01. The summed E-state index contributed by atoms with van der Waals surface area (Å²) < 4.78 is 0. The molecule has 0 aliphatic heterocycles. The average Bonchev–Trinajstić information content (AvgIpc) is 2.34. The highest BCUT2D eigenvalue weighted by Gasteiger charge is 2.16. The molecule has 6 nitrogen and oxygen atoms in total. The second-order valence-corrected chi connectivity index (χ2v) is 2.44. The van der Waals surface area contributed by atoms with Crippen molar-refractivity contribution in [1.82, 2.24) is 20.2 Å². The predicted molar refractivity (Wildman–Crippen MR) is 37.4 cm³/mol. The lowest BCUT2D eigenvalue weighted by Crippen LogP contribution is -2.25. The molecule has 0 radical (unpaired) electrons. The lowest BCUT2D eigenvalue weighted by Gasteiger charge is -2.08. The van der Waals surface area contributed by atoms with Gasteiger partial charge in [0.25, 0.3) is 0 Å². The van der Waals surface area contributed by atoms with Crippen LogP contribution in [-0.4, -0.2) is 31.4 Å². The minimum Gasteiger partial charge on any atom is -0.383 e. The number of nitrogens with two attached hydrogens (primary N) is 1. The molecule has 1 unspecified atom stereocenters. The molecule has 0 saturated carbocycles. The molecule has 3 N–H and O–H groups in total. The van der Waals surface area contributed by atoms with E-state index < -0.39 is 6.10 Å². The number of aliphatic hydroxyl groups excluding tert-OH is 1. The van der Waals surface area contributed by atoms with Gasteiger partial charge in [0.15, 0.2) is 0 Å². The van der Waals surface area contributed by atoms with Crippen LogP contribution in [0.2, 0.25) is 0 Å². The molecule has 1 aromatic heterocycles. The van der Waals surface area contributed by atoms with E-state index in [9.17, 15) is 5.11 Å². The van der Waals surface area contributed by atoms with Crippen LogP contribution >= 0.6 is 0 Å². The molecule has 0 spiro atoms. The standard InChI is InChI=1S/C5H11N5O/c1-3(6)4(11)5-7-9-10(2)8-5/h3-4,11H,6H2,1-2H3/t3-,4?/m1/s1. The lowest BCUT2D eigenvalue weighted by molar-refractivity contribution is 0.143. The second-order valence-electron chi connectivity index (χ2n) is 2.44. The van der Waals surface area contributed by atoms with Crippen molar-refractivity contribution in [3.8, 4) is 0 Å². The Morgan fingerprint density at radius 2 is 2.27 bits per heavy atom. The Morgan fingerprint density at radius 1 is 1.64 bits per heavy atom. The molecule has 0 aliphatic carbocycles. The van der Waals surface area contributed by atoms with Gasteiger partial charge in [-0.25, -0.2) is 0 Å². The zero-order valence-corrected chi connectivity index (χ0v) is 6.47. The minimum atomic E-state index is -0.830. The van der Waals surface area contributed by atoms with Crippen LogP contribution in [0.5, 0.6) is 0 Å². The van der Waals surface area contributed by atoms with Crippen LogP contribution < -0.4 is 5.73 Å². The van der Waals surface area contributed by atoms with E-state index in [4.69, 9.17) is 5.73 Å². The predicted octanol–water partition coefficient (Wildman–Crippen LogP) is -1.41. The van der Waals surface area contributed by atoms with Crippen molar-refractivity contribution in [2.45, 2.75) is 19.1 Å². The van der Waals surface area contributed by atoms with Crippen molar-refractivity contribution in [2.75, 3.05) is 0 Å². The van der Waals surface area contributed by atoms with Gasteiger partial charge in [0.05, 0.1) is 7.05 Å². The maximum Gasteiger partial charge on any atom is 0.204 e. The van der Waals surface area contributed by atoms with Crippen molar-refractivity contribution < 1.29 is 5.11 Å². The Labute approximate surface area is 64.0 Å². The van der Waals surface area contributed by atoms with Crippen molar-refractivity contribution in [2.24, 2.45) is 12.8 Å². The topological polar surface area (TPSA) is 89.9 Å². The maximum atomic E-state index is 9.31. The molecule has 62 valence electrons. The maximum absolute atomic E-state index is 9.31. The molecule has 1 rings (SSSR count). The fourth-order valence-electron chi connectivity index (χ4n) is 0.652. The van der Waals surface area contributed by atoms with Crippen molar-refractivity contribution in [1.29, 1.82) is 0 Å². The van der Waals surface area contributed by atoms with Crippen LogP contribution in [0.25, 0.3) is 0 Å². The van der Waals surface area contributed by atoms with E-state index >= 15 is 0 Å². The normalized spacial score (nSPS) is 16.4. The molecular formula is C5H11N5O. The van der Waals surface area contributed by atoms with E-state index in [0.29, 0.717) is 0 Å². The Balaban J connectivity index is 2.76. The van der Waals surface area contributed by atoms with Crippen LogP contribution in [0, 0.1) is 0 Å². The molecule has 11 heavy (non-hydrogen) atoms. The minimum absolute atomic E-state index is 0.266. The fourth-order valence-corrected chi connectivity index (χ4v) is 0.652. The number of rotatable bonds is 2. The number of nitrogens with zero attached hydrogens (tertiary/aromatic N) is 4. The quantitative estimate of drug-likeness (QED) is 0.550. The van der Waals surface area contributed by atoms with Crippen LogP contribution in [0.4, 0.5) is 0 Å². The highest BCUT2D eigenvalue weighted by Crippen LogP contribution is 2.07. The largest absolute Gasteiger partial charge is 0.383 e. The SMILES string of the molecule is C[C@@H](N)C(O)c1nnn(C)n1. The van der Waals surface area contributed by atoms with Crippen molar-refractivity contribution in [3.63, 3.8) is 0 Å². The third kappa shape index (κ3) is 1.72. The first-order chi connectivity index (χ1) is 5.11. The molecule has 6 heteroatoms. The molecular weight excluding hydrogens is 146 g/mol. The number of aryl methyl sites for hydroxylation is 1. The van der Waals surface area contributed by atoms with Gasteiger partial charge in [0.1, 0.15) is 6.10 Å². The number of aromatic nitrogens is 4. The summed E-state index contributed by atoms with van der Waals surface area (Å²) in [4.78, 5) is 1.28. The van der Waals surface area contributed by atoms with Gasteiger partial charge in [0.2, 0.25) is 5.82 Å². The van der Waals surface area contributed by atoms with Crippen LogP contribution in [0.3, 0.4) is 0 Å². The summed E-state index contributed by atoms with van der Waals surface area (Å²) in [6, 6.07) is -0.376. The highest BCUT2D eigenvalue weighted by molar-refractivity contribution is 4.88. The monoisotopic (exact) mass is 157 g/mol. The molecule has 1 heterocycles. The van der Waals surface area contributed by atoms with Gasteiger partial charge < -0.3 is 10.8 Å². The fraction of sp³-hybridized carbons (Fsp3) is 0.800. The summed E-state index contributed by atoms with van der Waals surface area (Å²) in [6.45, 7) is 1.68. The van der Waals surface area contributed by atoms with Gasteiger partial charge in [-0.3, -0.25) is 0 Å². The zero-order valence-electron chi connectivity index (χ0n) is 6.47. The third-order valence-corrected chi connectivity index (χ3v) is 1.29. The van der Waals surface area contributed by atoms with E-state index in [1.54, 1.807) is 14.0 Å². The van der Waals surface area contributed by atoms with E-state index in [2.05, 4.69) is 15.4 Å². The summed E-state index contributed by atoms with van der Waals surface area (Å²) in [5.74, 6) is 0.266. The summed E-state index contributed by atoms with van der Waals surface area (Å²) >= 11 is 0. The second kappa shape index (κ2) is 2.93. The van der Waals surface area contributed by atoms with E-state index in [0.717, 1.165) is 0 Å². The number of hydrogen-bond acceptors (Lipinski definition) is 5. The van der Waals surface area contributed by atoms with Crippen LogP contribution in [-0.2, 0) is 7.05 Å². The van der Waals surface area contributed by atoms with E-state index in [1.807, 2.05) is 0 Å². The van der Waals surface area contributed by atoms with Crippen molar-refractivity contribution in [3.05, 3.63) is 5.82 Å². The molecule has 1 aromatic rings. The smallest absolute Gasteiger partial charge is 0.204 e. The van der Waals surface area contributed by atoms with Crippen LogP contribution in [0.15, 0.2) is 0 Å². The third-order valence-electron chi connectivity index (χ3n) is 1.29. The zero-order chi connectivity index (χ0) is 8.43. The van der Waals surface area contributed by atoms with Gasteiger partial charge in [-0.2, -0.15) is 4.80 Å². The highest BCUT2D eigenvalue weighted by atomic mass is 16.3. The van der Waals surface area contributed by atoms with Gasteiger partial charge in [-0.1, -0.05) is 0 Å². The van der Waals surface area contributed by atoms with Gasteiger partial charge >= 0.3 is 0 Å². The first-order valence-corrected chi connectivity index (χ1v) is 3.29. The summed E-state index contributed by atoms with van der Waals surface area (Å²) in [7, 11) is 1.63. The summed E-state index contributed by atoms with van der Waals surface area (Å²) in [6.07, 6.45) is -0.830.